The van der Waals surface area contributed by atoms with E-state index in [1.165, 1.54) is 24.3 Å². The van der Waals surface area contributed by atoms with Crippen LogP contribution in [0.25, 0.3) is 10.8 Å². The predicted octanol–water partition coefficient (Wildman–Crippen LogP) is 2.39. The topological polar surface area (TPSA) is 134 Å². The Hall–Kier alpha value is -4.06. The summed E-state index contributed by atoms with van der Waals surface area (Å²) in [5, 5.41) is 11.2. The second-order valence-electron chi connectivity index (χ2n) is 7.31. The summed E-state index contributed by atoms with van der Waals surface area (Å²) >= 11 is 0. The molecule has 0 saturated carbocycles. The molecule has 1 heterocycles. The molecule has 0 atom stereocenters. The second kappa shape index (κ2) is 9.43. The van der Waals surface area contributed by atoms with E-state index in [2.05, 4.69) is 5.32 Å². The van der Waals surface area contributed by atoms with Gasteiger partial charge in [0.2, 0.25) is 0 Å². The number of carbonyl (C=O) groups excluding carboxylic acids is 1. The van der Waals surface area contributed by atoms with Crippen molar-refractivity contribution in [2.24, 2.45) is 0 Å². The van der Waals surface area contributed by atoms with Crippen molar-refractivity contribution in [3.05, 3.63) is 66.0 Å². The molecule has 2 amide bonds. The smallest absolute Gasteiger partial charge is 0.404 e. The zero-order chi connectivity index (χ0) is 24.3. The van der Waals surface area contributed by atoms with Crippen molar-refractivity contribution >= 4 is 38.7 Å². The predicted molar refractivity (Wildman–Crippen MR) is 121 cm³/mol. The van der Waals surface area contributed by atoms with Gasteiger partial charge in [0.05, 0.1) is 6.54 Å². The molecule has 1 aliphatic heterocycles. The van der Waals surface area contributed by atoms with E-state index >= 15 is 4.39 Å². The van der Waals surface area contributed by atoms with Crippen LogP contribution in [0.4, 0.5) is 14.9 Å². The lowest BCUT2D eigenvalue weighted by Crippen LogP contribution is -2.30. The van der Waals surface area contributed by atoms with Crippen LogP contribution >= 0.6 is 0 Å². The summed E-state index contributed by atoms with van der Waals surface area (Å²) in [6.45, 7) is -0.440. The zero-order valence-electron chi connectivity index (χ0n) is 17.7. The van der Waals surface area contributed by atoms with E-state index in [1.54, 1.807) is 24.3 Å². The third kappa shape index (κ3) is 4.96. The first-order valence-corrected chi connectivity index (χ1v) is 11.5. The molecule has 10 nitrogen and oxygen atoms in total. The van der Waals surface area contributed by atoms with Crippen molar-refractivity contribution in [1.82, 2.24) is 10.0 Å². The number of carboxylic acid groups (broad SMARTS) is 1. The van der Waals surface area contributed by atoms with E-state index in [0.717, 1.165) is 5.56 Å². The molecule has 3 aromatic rings. The number of nitrogens with zero attached hydrogens (tertiary/aromatic N) is 1. The summed E-state index contributed by atoms with van der Waals surface area (Å²) in [4.78, 5) is 22.3. The van der Waals surface area contributed by atoms with E-state index < -0.39 is 34.6 Å². The van der Waals surface area contributed by atoms with E-state index in [9.17, 15) is 18.0 Å². The van der Waals surface area contributed by atoms with Gasteiger partial charge in [0.1, 0.15) is 36.9 Å². The highest BCUT2D eigenvalue weighted by Crippen LogP contribution is 2.40. The fourth-order valence-corrected chi connectivity index (χ4v) is 4.61. The first-order valence-electron chi connectivity index (χ1n) is 10.1. The Labute approximate surface area is 194 Å². The molecule has 178 valence electrons. The molecule has 1 fully saturated rings. The number of hydrogen-bond acceptors (Lipinski definition) is 6. The maximum absolute atomic E-state index is 15.7. The van der Waals surface area contributed by atoms with Crippen molar-refractivity contribution in [2.75, 3.05) is 24.0 Å². The molecular formula is C22H20FN3O7S. The van der Waals surface area contributed by atoms with Gasteiger partial charge in [-0.15, -0.1) is 0 Å². The summed E-state index contributed by atoms with van der Waals surface area (Å²) in [6, 6.07) is 14.9. The number of amides is 2. The number of carbonyl (C=O) groups is 2. The van der Waals surface area contributed by atoms with Crippen molar-refractivity contribution in [2.45, 2.75) is 6.61 Å². The molecule has 0 aromatic heterocycles. The molecule has 3 N–H and O–H groups in total. The lowest BCUT2D eigenvalue weighted by molar-refractivity contribution is -0.117. The second-order valence-corrected chi connectivity index (χ2v) is 8.91. The SMILES string of the molecule is O=C(O)NCCOc1ccc2c(F)c(N3CC(=O)NS3(=O)=O)c(OCc3ccccc3)cc2c1. The Balaban J connectivity index is 1.72. The fourth-order valence-electron chi connectivity index (χ4n) is 3.45. The highest BCUT2D eigenvalue weighted by molar-refractivity contribution is 7.92. The summed E-state index contributed by atoms with van der Waals surface area (Å²) in [5.74, 6) is -1.38. The Kier molecular flexibility index (Phi) is 6.41. The minimum atomic E-state index is -4.28. The van der Waals surface area contributed by atoms with Crippen LogP contribution in [-0.4, -0.2) is 45.2 Å². The number of nitrogens with one attached hydrogen (secondary N) is 2. The number of benzene rings is 3. The quantitative estimate of drug-likeness (QED) is 0.414. The Bertz CT molecular complexity index is 1350. The standard InChI is InChI=1S/C22H20FN3O7S/c23-20-17-7-6-16(32-9-8-24-22(28)29)10-15(17)11-18(33-13-14-4-2-1-3-5-14)21(20)26-12-19(27)25-34(26,30)31/h1-7,10-11,24H,8-9,12-13H2,(H,25,27)(H,28,29). The number of rotatable bonds is 8. The zero-order valence-corrected chi connectivity index (χ0v) is 18.5. The van der Waals surface area contributed by atoms with E-state index in [0.29, 0.717) is 15.4 Å². The monoisotopic (exact) mass is 489 g/mol. The third-order valence-corrected chi connectivity index (χ3v) is 6.32. The molecule has 0 unspecified atom stereocenters. The molecule has 12 heteroatoms. The van der Waals surface area contributed by atoms with Crippen molar-refractivity contribution in [3.63, 3.8) is 0 Å². The summed E-state index contributed by atoms with van der Waals surface area (Å²) in [6.07, 6.45) is -1.18. The molecular weight excluding hydrogens is 469 g/mol. The average Bonchev–Trinajstić information content (AvgIpc) is 3.07. The third-order valence-electron chi connectivity index (χ3n) is 4.94. The fraction of sp³-hybridized carbons (Fsp3) is 0.182. The number of anilines is 1. The maximum atomic E-state index is 15.7. The molecule has 0 spiro atoms. The van der Waals surface area contributed by atoms with Gasteiger partial charge in [0.15, 0.2) is 5.82 Å². The van der Waals surface area contributed by atoms with Gasteiger partial charge in [-0.05, 0) is 35.2 Å². The van der Waals surface area contributed by atoms with Crippen molar-refractivity contribution < 1.29 is 37.0 Å². The van der Waals surface area contributed by atoms with Gasteiger partial charge in [-0.1, -0.05) is 30.3 Å². The average molecular weight is 489 g/mol. The van der Waals surface area contributed by atoms with Crippen LogP contribution in [0, 0.1) is 5.82 Å². The summed E-state index contributed by atoms with van der Waals surface area (Å²) < 4.78 is 54.3. The molecule has 4 rings (SSSR count). The lowest BCUT2D eigenvalue weighted by atomic mass is 10.1. The van der Waals surface area contributed by atoms with Crippen LogP contribution in [0.15, 0.2) is 54.6 Å². The van der Waals surface area contributed by atoms with Crippen LogP contribution in [0.3, 0.4) is 0 Å². The molecule has 1 saturated heterocycles. The largest absolute Gasteiger partial charge is 0.492 e. The number of hydrogen-bond donors (Lipinski definition) is 3. The van der Waals surface area contributed by atoms with Gasteiger partial charge in [0.25, 0.3) is 5.91 Å². The Morgan fingerprint density at radius 3 is 2.59 bits per heavy atom. The Morgan fingerprint density at radius 1 is 1.15 bits per heavy atom. The minimum absolute atomic E-state index is 0.0328. The highest BCUT2D eigenvalue weighted by atomic mass is 32.2. The van der Waals surface area contributed by atoms with E-state index in [-0.39, 0.29) is 36.6 Å². The summed E-state index contributed by atoms with van der Waals surface area (Å²) in [5.41, 5.74) is 0.400. The van der Waals surface area contributed by atoms with Gasteiger partial charge >= 0.3 is 16.3 Å². The highest BCUT2D eigenvalue weighted by Gasteiger charge is 2.38. The molecule has 0 aliphatic carbocycles. The van der Waals surface area contributed by atoms with E-state index in [4.69, 9.17) is 14.6 Å². The van der Waals surface area contributed by atoms with Gasteiger partial charge in [-0.3, -0.25) is 4.79 Å². The lowest BCUT2D eigenvalue weighted by Gasteiger charge is -2.21. The number of ether oxygens (including phenoxy) is 2. The maximum Gasteiger partial charge on any atom is 0.404 e. The normalized spacial score (nSPS) is 14.6. The molecule has 3 aromatic carbocycles. The number of halogens is 1. The van der Waals surface area contributed by atoms with Crippen molar-refractivity contribution in [1.29, 1.82) is 0 Å². The first-order chi connectivity index (χ1) is 16.2. The molecule has 0 bridgehead atoms. The van der Waals surface area contributed by atoms with Crippen LogP contribution in [-0.2, 0) is 21.6 Å². The molecule has 1 aliphatic rings. The van der Waals surface area contributed by atoms with Gasteiger partial charge in [-0.2, -0.15) is 8.42 Å². The van der Waals surface area contributed by atoms with Gasteiger partial charge in [-0.25, -0.2) is 18.2 Å². The van der Waals surface area contributed by atoms with Crippen LogP contribution in [0.1, 0.15) is 5.56 Å². The Morgan fingerprint density at radius 2 is 1.91 bits per heavy atom. The van der Waals surface area contributed by atoms with Crippen LogP contribution in [0.2, 0.25) is 0 Å². The molecule has 0 radical (unpaired) electrons. The summed E-state index contributed by atoms with van der Waals surface area (Å²) in [7, 11) is -4.28. The van der Waals surface area contributed by atoms with E-state index in [1.807, 2.05) is 10.8 Å². The van der Waals surface area contributed by atoms with Gasteiger partial charge < -0.3 is 19.9 Å². The van der Waals surface area contributed by atoms with Gasteiger partial charge in [0, 0.05) is 5.39 Å². The number of fused-ring (bicyclic) bond motifs is 1. The van der Waals surface area contributed by atoms with Crippen LogP contribution < -0.4 is 23.8 Å². The molecule has 34 heavy (non-hydrogen) atoms. The first kappa shape index (κ1) is 23.1. The van der Waals surface area contributed by atoms with Crippen molar-refractivity contribution in [3.8, 4) is 11.5 Å². The van der Waals surface area contributed by atoms with Crippen LogP contribution in [0.5, 0.6) is 11.5 Å². The minimum Gasteiger partial charge on any atom is -0.492 e.